The topological polar surface area (TPSA) is 75.6 Å². The van der Waals surface area contributed by atoms with Crippen LogP contribution >= 0.6 is 0 Å². The lowest BCUT2D eigenvalue weighted by molar-refractivity contribution is -0.143. The summed E-state index contributed by atoms with van der Waals surface area (Å²) in [6.07, 6.45) is 2.68. The quantitative estimate of drug-likeness (QED) is 0.662. The molecule has 2 N–H and O–H groups in total. The summed E-state index contributed by atoms with van der Waals surface area (Å²) in [6, 6.07) is 0. The number of esters is 1. The molecule has 1 rings (SSSR count). The molecule has 15 heavy (non-hydrogen) atoms. The van der Waals surface area contributed by atoms with Gasteiger partial charge in [0.2, 0.25) is 0 Å². The monoisotopic (exact) mass is 211 g/mol. The molecule has 0 aromatic rings. The zero-order chi connectivity index (χ0) is 11.4. The van der Waals surface area contributed by atoms with E-state index in [1.807, 2.05) is 0 Å². The minimum Gasteiger partial charge on any atom is -0.478 e. The van der Waals surface area contributed by atoms with E-state index in [4.69, 9.17) is 9.84 Å². The van der Waals surface area contributed by atoms with Crippen LogP contribution < -0.4 is 5.32 Å². The van der Waals surface area contributed by atoms with E-state index in [1.54, 1.807) is 13.8 Å². The van der Waals surface area contributed by atoms with Gasteiger partial charge in [-0.05, 0) is 26.1 Å². The Balaban J connectivity index is 2.93. The van der Waals surface area contributed by atoms with E-state index in [1.165, 1.54) is 12.3 Å². The maximum atomic E-state index is 11.5. The molecule has 0 aliphatic carbocycles. The van der Waals surface area contributed by atoms with Crippen LogP contribution in [0, 0.1) is 0 Å². The summed E-state index contributed by atoms with van der Waals surface area (Å²) in [7, 11) is 0. The fourth-order valence-corrected chi connectivity index (χ4v) is 1.16. The Bertz CT molecular complexity index is 341. The number of aliphatic carboxylic acids is 1. The predicted octanol–water partition coefficient (Wildman–Crippen LogP) is 0.436. The number of hydrogen-bond donors (Lipinski definition) is 2. The van der Waals surface area contributed by atoms with Crippen LogP contribution in [0.2, 0.25) is 0 Å². The highest BCUT2D eigenvalue weighted by atomic mass is 16.5. The molecule has 0 amide bonds. The van der Waals surface area contributed by atoms with Gasteiger partial charge in [-0.25, -0.2) is 9.59 Å². The molecule has 0 saturated heterocycles. The summed E-state index contributed by atoms with van der Waals surface area (Å²) >= 11 is 0. The van der Waals surface area contributed by atoms with E-state index < -0.39 is 11.9 Å². The van der Waals surface area contributed by atoms with E-state index in [0.717, 1.165) is 0 Å². The van der Waals surface area contributed by atoms with Gasteiger partial charge in [0.25, 0.3) is 0 Å². The number of dihydropyridines is 1. The second-order valence-corrected chi connectivity index (χ2v) is 3.37. The van der Waals surface area contributed by atoms with Gasteiger partial charge in [-0.3, -0.25) is 0 Å². The minimum atomic E-state index is -1.11. The lowest BCUT2D eigenvalue weighted by atomic mass is 10.1. The van der Waals surface area contributed by atoms with Crippen LogP contribution in [0.5, 0.6) is 0 Å². The third-order valence-corrected chi connectivity index (χ3v) is 1.79. The SMILES string of the molecule is CC(C)OC(=O)C1=C(C(=O)O)CNC=C1. The van der Waals surface area contributed by atoms with Crippen molar-refractivity contribution >= 4 is 11.9 Å². The third kappa shape index (κ3) is 2.83. The highest BCUT2D eigenvalue weighted by Gasteiger charge is 2.22. The summed E-state index contributed by atoms with van der Waals surface area (Å²) in [6.45, 7) is 3.56. The van der Waals surface area contributed by atoms with Crippen LogP contribution in [0.3, 0.4) is 0 Å². The van der Waals surface area contributed by atoms with Crippen molar-refractivity contribution < 1.29 is 19.4 Å². The van der Waals surface area contributed by atoms with Gasteiger partial charge < -0.3 is 15.2 Å². The number of carbonyl (C=O) groups is 2. The van der Waals surface area contributed by atoms with E-state index in [0.29, 0.717) is 0 Å². The molecule has 0 aromatic heterocycles. The summed E-state index contributed by atoms with van der Waals surface area (Å²) in [4.78, 5) is 22.3. The van der Waals surface area contributed by atoms with Crippen molar-refractivity contribution in [3.63, 3.8) is 0 Å². The van der Waals surface area contributed by atoms with Crippen molar-refractivity contribution in [1.29, 1.82) is 0 Å². The molecule has 0 unspecified atom stereocenters. The number of carboxylic acid groups (broad SMARTS) is 1. The van der Waals surface area contributed by atoms with Gasteiger partial charge in [-0.1, -0.05) is 0 Å². The predicted molar refractivity (Wildman–Crippen MR) is 53.0 cm³/mol. The Morgan fingerprint density at radius 1 is 1.53 bits per heavy atom. The average molecular weight is 211 g/mol. The molecule has 0 radical (unpaired) electrons. The molecule has 0 spiro atoms. The summed E-state index contributed by atoms with van der Waals surface area (Å²) in [5.41, 5.74) is 0.137. The number of rotatable bonds is 3. The van der Waals surface area contributed by atoms with Gasteiger partial charge >= 0.3 is 11.9 Å². The first-order chi connectivity index (χ1) is 7.02. The zero-order valence-corrected chi connectivity index (χ0v) is 8.61. The second-order valence-electron chi connectivity index (χ2n) is 3.37. The van der Waals surface area contributed by atoms with Crippen LogP contribution in [0.1, 0.15) is 13.8 Å². The standard InChI is InChI=1S/C10H13NO4/c1-6(2)15-10(14)7-3-4-11-5-8(7)9(12)13/h3-4,6,11H,5H2,1-2H3,(H,12,13). The lowest BCUT2D eigenvalue weighted by Crippen LogP contribution is -2.25. The van der Waals surface area contributed by atoms with Crippen LogP contribution in [-0.2, 0) is 14.3 Å². The average Bonchev–Trinajstić information content (AvgIpc) is 2.16. The van der Waals surface area contributed by atoms with Crippen molar-refractivity contribution in [3.8, 4) is 0 Å². The van der Waals surface area contributed by atoms with E-state index in [-0.39, 0.29) is 23.8 Å². The number of carboxylic acids is 1. The smallest absolute Gasteiger partial charge is 0.339 e. The molecule has 0 bridgehead atoms. The van der Waals surface area contributed by atoms with E-state index >= 15 is 0 Å². The molecule has 1 aliphatic heterocycles. The Morgan fingerprint density at radius 2 is 2.20 bits per heavy atom. The summed E-state index contributed by atoms with van der Waals surface area (Å²) in [5, 5.41) is 11.6. The van der Waals surface area contributed by atoms with E-state index in [2.05, 4.69) is 5.32 Å². The molecule has 0 saturated carbocycles. The number of hydrogen-bond acceptors (Lipinski definition) is 4. The van der Waals surface area contributed by atoms with Crippen LogP contribution in [0.15, 0.2) is 23.4 Å². The molecule has 0 atom stereocenters. The number of carbonyl (C=O) groups excluding carboxylic acids is 1. The van der Waals surface area contributed by atoms with Crippen molar-refractivity contribution in [2.24, 2.45) is 0 Å². The first-order valence-corrected chi connectivity index (χ1v) is 4.59. The normalized spacial score (nSPS) is 15.1. The van der Waals surface area contributed by atoms with Gasteiger partial charge in [0.1, 0.15) is 0 Å². The Labute approximate surface area is 87.4 Å². The third-order valence-electron chi connectivity index (χ3n) is 1.79. The fraction of sp³-hybridized carbons (Fsp3) is 0.400. The molecule has 5 nitrogen and oxygen atoms in total. The van der Waals surface area contributed by atoms with Crippen LogP contribution in [-0.4, -0.2) is 29.7 Å². The highest BCUT2D eigenvalue weighted by molar-refractivity contribution is 6.02. The molecular weight excluding hydrogens is 198 g/mol. The minimum absolute atomic E-state index is 0.0307. The fourth-order valence-electron chi connectivity index (χ4n) is 1.16. The zero-order valence-electron chi connectivity index (χ0n) is 8.61. The Morgan fingerprint density at radius 3 is 2.73 bits per heavy atom. The maximum Gasteiger partial charge on any atom is 0.339 e. The van der Waals surface area contributed by atoms with Gasteiger partial charge in [-0.15, -0.1) is 0 Å². The Kier molecular flexibility index (Phi) is 3.49. The van der Waals surface area contributed by atoms with Crippen molar-refractivity contribution in [2.45, 2.75) is 20.0 Å². The largest absolute Gasteiger partial charge is 0.478 e. The first-order valence-electron chi connectivity index (χ1n) is 4.59. The molecule has 1 aliphatic rings. The molecular formula is C10H13NO4. The molecule has 0 fully saturated rings. The van der Waals surface area contributed by atoms with Gasteiger partial charge in [0.05, 0.1) is 17.3 Å². The van der Waals surface area contributed by atoms with E-state index in [9.17, 15) is 9.59 Å². The molecule has 0 aromatic carbocycles. The lowest BCUT2D eigenvalue weighted by Gasteiger charge is -2.14. The molecule has 5 heteroatoms. The van der Waals surface area contributed by atoms with Gasteiger partial charge in [0, 0.05) is 6.54 Å². The molecule has 1 heterocycles. The molecule has 82 valence electrons. The highest BCUT2D eigenvalue weighted by Crippen LogP contribution is 2.12. The van der Waals surface area contributed by atoms with Crippen molar-refractivity contribution in [3.05, 3.63) is 23.4 Å². The summed E-state index contributed by atoms with van der Waals surface area (Å²) in [5.74, 6) is -1.71. The summed E-state index contributed by atoms with van der Waals surface area (Å²) < 4.78 is 4.93. The first kappa shape index (κ1) is 11.3. The van der Waals surface area contributed by atoms with Crippen molar-refractivity contribution in [2.75, 3.05) is 6.54 Å². The van der Waals surface area contributed by atoms with Gasteiger partial charge in [-0.2, -0.15) is 0 Å². The second kappa shape index (κ2) is 4.63. The van der Waals surface area contributed by atoms with Gasteiger partial charge in [0.15, 0.2) is 0 Å². The Hall–Kier alpha value is -1.78. The number of ether oxygens (including phenoxy) is 1. The van der Waals surface area contributed by atoms with Crippen LogP contribution in [0.25, 0.3) is 0 Å². The maximum absolute atomic E-state index is 11.5. The van der Waals surface area contributed by atoms with Crippen LogP contribution in [0.4, 0.5) is 0 Å². The van der Waals surface area contributed by atoms with Crippen molar-refractivity contribution in [1.82, 2.24) is 5.32 Å². The number of nitrogens with one attached hydrogen (secondary N) is 1.